The summed E-state index contributed by atoms with van der Waals surface area (Å²) in [6.07, 6.45) is 5.75. The van der Waals surface area contributed by atoms with Crippen LogP contribution in [0.1, 0.15) is 102 Å². The number of halogens is 1. The Labute approximate surface area is 204 Å². The monoisotopic (exact) mass is 475 g/mol. The van der Waals surface area contributed by atoms with Crippen molar-refractivity contribution in [3.63, 3.8) is 0 Å². The first kappa shape index (κ1) is 27.9. The number of esters is 1. The molecule has 5 nitrogen and oxygen atoms in total. The lowest BCUT2D eigenvalue weighted by atomic mass is 9.80. The van der Waals surface area contributed by atoms with Crippen molar-refractivity contribution < 1.29 is 23.5 Å². The highest BCUT2D eigenvalue weighted by atomic mass is 19.1. The minimum Gasteiger partial charge on any atom is -0.493 e. The van der Waals surface area contributed by atoms with E-state index in [4.69, 9.17) is 9.47 Å². The fourth-order valence-corrected chi connectivity index (χ4v) is 4.43. The third-order valence-electron chi connectivity index (χ3n) is 6.76. The summed E-state index contributed by atoms with van der Waals surface area (Å²) >= 11 is 0. The van der Waals surface area contributed by atoms with Crippen molar-refractivity contribution in [1.82, 2.24) is 4.90 Å². The Morgan fingerprint density at radius 2 is 1.88 bits per heavy atom. The Morgan fingerprint density at radius 1 is 1.24 bits per heavy atom. The van der Waals surface area contributed by atoms with Crippen LogP contribution in [0.2, 0.25) is 0 Å². The molecule has 0 saturated carbocycles. The molecule has 0 aromatic heterocycles. The summed E-state index contributed by atoms with van der Waals surface area (Å²) in [5.74, 6) is -1.08. The summed E-state index contributed by atoms with van der Waals surface area (Å²) in [5.41, 5.74) is 0.0330. The highest BCUT2D eigenvalue weighted by Gasteiger charge is 2.38. The van der Waals surface area contributed by atoms with Gasteiger partial charge in [-0.05, 0) is 70.4 Å². The average Bonchev–Trinajstić information content (AvgIpc) is 3.25. The molecule has 0 radical (unpaired) electrons. The van der Waals surface area contributed by atoms with Crippen molar-refractivity contribution in [1.29, 1.82) is 0 Å². The van der Waals surface area contributed by atoms with Gasteiger partial charge in [0.15, 0.2) is 0 Å². The smallest absolute Gasteiger partial charge is 0.329 e. The van der Waals surface area contributed by atoms with Gasteiger partial charge in [-0.1, -0.05) is 33.8 Å². The number of hydrogen-bond acceptors (Lipinski definition) is 4. The van der Waals surface area contributed by atoms with E-state index in [-0.39, 0.29) is 16.9 Å². The Balaban J connectivity index is 2.33. The number of nitrogens with zero attached hydrogens (tertiary/aromatic N) is 1. The summed E-state index contributed by atoms with van der Waals surface area (Å²) in [5, 5.41) is 0. The molecule has 1 aromatic rings. The molecule has 0 unspecified atom stereocenters. The van der Waals surface area contributed by atoms with Crippen molar-refractivity contribution >= 4 is 11.9 Å². The lowest BCUT2D eigenvalue weighted by molar-refractivity contribution is -0.159. The Hall–Kier alpha value is -2.37. The first-order valence-electron chi connectivity index (χ1n) is 12.5. The van der Waals surface area contributed by atoms with Gasteiger partial charge < -0.3 is 14.4 Å². The standard InChI is InChI=1S/C28H42FNO4/c1-9-14-28(10-2,11-3)18-33-24-17-22(29)21(16-20(24)19(4)5)25(31)30-15-12-13-23(30)26(32)34-27(6,7)8/h9,16-17,19,23H,1,10-15,18H2,2-8H3/t23-/m0/s1. The third-order valence-corrected chi connectivity index (χ3v) is 6.76. The van der Waals surface area contributed by atoms with Crippen LogP contribution in [0.4, 0.5) is 4.39 Å². The van der Waals surface area contributed by atoms with Crippen LogP contribution in [0.25, 0.3) is 0 Å². The van der Waals surface area contributed by atoms with E-state index in [0.717, 1.165) is 24.8 Å². The van der Waals surface area contributed by atoms with Gasteiger partial charge in [0, 0.05) is 18.0 Å². The molecule has 6 heteroatoms. The van der Waals surface area contributed by atoms with Crippen molar-refractivity contribution in [2.45, 2.75) is 98.1 Å². The highest BCUT2D eigenvalue weighted by Crippen LogP contribution is 2.36. The molecule has 1 amide bonds. The lowest BCUT2D eigenvalue weighted by Gasteiger charge is -2.31. The maximum absolute atomic E-state index is 15.3. The van der Waals surface area contributed by atoms with Crippen LogP contribution in [0.15, 0.2) is 24.8 Å². The molecule has 0 aliphatic carbocycles. The summed E-state index contributed by atoms with van der Waals surface area (Å²) < 4.78 is 26.9. The SMILES string of the molecule is C=CCC(CC)(CC)COc1cc(F)c(C(=O)N2CCC[C@H]2C(=O)OC(C)(C)C)cc1C(C)C. The third kappa shape index (κ3) is 6.61. The minimum atomic E-state index is -0.696. The maximum atomic E-state index is 15.3. The summed E-state index contributed by atoms with van der Waals surface area (Å²) in [7, 11) is 0. The molecule has 0 spiro atoms. The van der Waals surface area contributed by atoms with E-state index in [9.17, 15) is 9.59 Å². The van der Waals surface area contributed by atoms with E-state index in [1.807, 2.05) is 19.9 Å². The fraction of sp³-hybridized carbons (Fsp3) is 0.643. The van der Waals surface area contributed by atoms with Crippen LogP contribution < -0.4 is 4.74 Å². The van der Waals surface area contributed by atoms with Crippen molar-refractivity contribution in [3.8, 4) is 5.75 Å². The van der Waals surface area contributed by atoms with Crippen LogP contribution in [-0.4, -0.2) is 41.6 Å². The predicted molar refractivity (Wildman–Crippen MR) is 134 cm³/mol. The molecule has 1 saturated heterocycles. The molecule has 1 aromatic carbocycles. The zero-order valence-corrected chi connectivity index (χ0v) is 22.0. The van der Waals surface area contributed by atoms with Crippen molar-refractivity contribution in [2.24, 2.45) is 5.41 Å². The van der Waals surface area contributed by atoms with E-state index in [0.29, 0.717) is 31.7 Å². The Morgan fingerprint density at radius 3 is 2.41 bits per heavy atom. The van der Waals surface area contributed by atoms with E-state index in [1.54, 1.807) is 26.8 Å². The predicted octanol–water partition coefficient (Wildman–Crippen LogP) is 6.66. The average molecular weight is 476 g/mol. The van der Waals surface area contributed by atoms with Gasteiger partial charge in [0.25, 0.3) is 5.91 Å². The molecule has 1 fully saturated rings. The molecular weight excluding hydrogens is 433 g/mol. The zero-order valence-electron chi connectivity index (χ0n) is 22.0. The molecule has 1 aliphatic rings. The zero-order chi connectivity index (χ0) is 25.7. The van der Waals surface area contributed by atoms with Crippen LogP contribution in [0, 0.1) is 11.2 Å². The molecule has 1 aliphatic heterocycles. The van der Waals surface area contributed by atoms with E-state index in [1.165, 1.54) is 11.0 Å². The minimum absolute atomic E-state index is 0.0273. The van der Waals surface area contributed by atoms with Crippen LogP contribution in [-0.2, 0) is 9.53 Å². The van der Waals surface area contributed by atoms with Gasteiger partial charge in [-0.25, -0.2) is 9.18 Å². The van der Waals surface area contributed by atoms with E-state index >= 15 is 4.39 Å². The van der Waals surface area contributed by atoms with Gasteiger partial charge in [-0.3, -0.25) is 4.79 Å². The fourth-order valence-electron chi connectivity index (χ4n) is 4.43. The quantitative estimate of drug-likeness (QED) is 0.281. The number of benzene rings is 1. The largest absolute Gasteiger partial charge is 0.493 e. The summed E-state index contributed by atoms with van der Waals surface area (Å²) in [6, 6.07) is 2.22. The number of rotatable bonds is 10. The number of amides is 1. The van der Waals surface area contributed by atoms with Gasteiger partial charge >= 0.3 is 5.97 Å². The second kappa shape index (κ2) is 11.4. The molecule has 34 heavy (non-hydrogen) atoms. The van der Waals surface area contributed by atoms with Gasteiger partial charge in [-0.2, -0.15) is 0 Å². The van der Waals surface area contributed by atoms with Crippen LogP contribution >= 0.6 is 0 Å². The number of likely N-dealkylation sites (tertiary alicyclic amines) is 1. The van der Waals surface area contributed by atoms with Gasteiger partial charge in [0.1, 0.15) is 23.2 Å². The normalized spacial score (nSPS) is 16.6. The van der Waals surface area contributed by atoms with Gasteiger partial charge in [0.2, 0.25) is 0 Å². The Kier molecular flexibility index (Phi) is 9.32. The Bertz CT molecular complexity index is 883. The molecular formula is C28H42FNO4. The highest BCUT2D eigenvalue weighted by molar-refractivity contribution is 5.97. The molecule has 1 atom stereocenters. The topological polar surface area (TPSA) is 55.8 Å². The summed E-state index contributed by atoms with van der Waals surface area (Å²) in [6.45, 7) is 18.3. The van der Waals surface area contributed by atoms with Crippen LogP contribution in [0.5, 0.6) is 5.75 Å². The van der Waals surface area contributed by atoms with Crippen molar-refractivity contribution in [2.75, 3.05) is 13.2 Å². The number of carbonyl (C=O) groups excluding carboxylic acids is 2. The summed E-state index contributed by atoms with van der Waals surface area (Å²) in [4.78, 5) is 27.5. The molecule has 0 N–H and O–H groups in total. The van der Waals surface area contributed by atoms with E-state index in [2.05, 4.69) is 20.4 Å². The second-order valence-corrected chi connectivity index (χ2v) is 10.7. The second-order valence-electron chi connectivity index (χ2n) is 10.7. The first-order valence-corrected chi connectivity index (χ1v) is 12.5. The molecule has 1 heterocycles. The molecule has 190 valence electrons. The number of carbonyl (C=O) groups is 2. The van der Waals surface area contributed by atoms with Gasteiger partial charge in [-0.15, -0.1) is 6.58 Å². The number of hydrogen-bond donors (Lipinski definition) is 0. The maximum Gasteiger partial charge on any atom is 0.329 e. The van der Waals surface area contributed by atoms with Crippen LogP contribution in [0.3, 0.4) is 0 Å². The number of ether oxygens (including phenoxy) is 2. The first-order chi connectivity index (χ1) is 15.9. The van der Waals surface area contributed by atoms with Crippen molar-refractivity contribution in [3.05, 3.63) is 41.7 Å². The molecule has 2 rings (SSSR count). The number of allylic oxidation sites excluding steroid dienone is 1. The molecule has 0 bridgehead atoms. The van der Waals surface area contributed by atoms with Gasteiger partial charge in [0.05, 0.1) is 12.2 Å². The van der Waals surface area contributed by atoms with E-state index < -0.39 is 29.3 Å². The lowest BCUT2D eigenvalue weighted by Crippen LogP contribution is -2.43.